The van der Waals surface area contributed by atoms with Gasteiger partial charge >= 0.3 is 5.97 Å². The molecular formula is C12H14N2O2. The highest BCUT2D eigenvalue weighted by Crippen LogP contribution is 2.10. The van der Waals surface area contributed by atoms with E-state index >= 15 is 0 Å². The van der Waals surface area contributed by atoms with Crippen LogP contribution in [-0.2, 0) is 4.74 Å². The second-order valence-electron chi connectivity index (χ2n) is 4.28. The molecular weight excluding hydrogens is 204 g/mol. The van der Waals surface area contributed by atoms with Crippen LogP contribution in [0.25, 0.3) is 0 Å². The van der Waals surface area contributed by atoms with Crippen molar-refractivity contribution in [3.63, 3.8) is 0 Å². The molecule has 4 heteroatoms. The van der Waals surface area contributed by atoms with E-state index in [0.29, 0.717) is 5.69 Å². The van der Waals surface area contributed by atoms with Crippen molar-refractivity contribution in [3.05, 3.63) is 23.8 Å². The van der Waals surface area contributed by atoms with Crippen LogP contribution in [-0.4, -0.2) is 23.0 Å². The highest BCUT2D eigenvalue weighted by molar-refractivity contribution is 5.86. The van der Waals surface area contributed by atoms with Gasteiger partial charge in [-0.15, -0.1) is 0 Å². The summed E-state index contributed by atoms with van der Waals surface area (Å²) in [6, 6.07) is 0. The summed E-state index contributed by atoms with van der Waals surface area (Å²) in [7, 11) is 1.30. The van der Waals surface area contributed by atoms with E-state index in [1.807, 2.05) is 20.8 Å². The molecule has 0 atom stereocenters. The molecule has 0 N–H and O–H groups in total. The van der Waals surface area contributed by atoms with Gasteiger partial charge in [-0.3, -0.25) is 0 Å². The van der Waals surface area contributed by atoms with E-state index in [-0.39, 0.29) is 11.1 Å². The Morgan fingerprint density at radius 1 is 1.31 bits per heavy atom. The summed E-state index contributed by atoms with van der Waals surface area (Å²) in [5, 5.41) is 0. The predicted octanol–water partition coefficient (Wildman–Crippen LogP) is 1.66. The summed E-state index contributed by atoms with van der Waals surface area (Å²) in [6.45, 7) is 6.03. The molecule has 1 heterocycles. The number of methoxy groups -OCH3 is 1. The number of hydrogen-bond donors (Lipinski definition) is 0. The lowest BCUT2D eigenvalue weighted by Gasteiger charge is -2.06. The number of carbonyl (C=O) groups excluding carboxylic acids is 1. The first-order valence-corrected chi connectivity index (χ1v) is 4.86. The van der Waals surface area contributed by atoms with Gasteiger partial charge in [-0.1, -0.05) is 5.92 Å². The van der Waals surface area contributed by atoms with E-state index in [0.717, 1.165) is 0 Å². The molecule has 0 amide bonds. The Morgan fingerprint density at radius 3 is 2.44 bits per heavy atom. The summed E-state index contributed by atoms with van der Waals surface area (Å²) in [6.07, 6.45) is 2.82. The molecule has 4 nitrogen and oxygen atoms in total. The van der Waals surface area contributed by atoms with Crippen molar-refractivity contribution >= 4 is 5.97 Å². The molecule has 0 fully saturated rings. The van der Waals surface area contributed by atoms with Gasteiger partial charge < -0.3 is 4.74 Å². The SMILES string of the molecule is COC(=O)c1cnc(C#CC(C)(C)C)cn1. The van der Waals surface area contributed by atoms with Crippen molar-refractivity contribution in [2.24, 2.45) is 5.41 Å². The predicted molar refractivity (Wildman–Crippen MR) is 59.7 cm³/mol. The summed E-state index contributed by atoms with van der Waals surface area (Å²) >= 11 is 0. The zero-order valence-electron chi connectivity index (χ0n) is 9.87. The molecule has 84 valence electrons. The minimum Gasteiger partial charge on any atom is -0.464 e. The molecule has 1 aromatic rings. The van der Waals surface area contributed by atoms with E-state index in [1.165, 1.54) is 19.5 Å². The summed E-state index contributed by atoms with van der Waals surface area (Å²) < 4.78 is 4.51. The second kappa shape index (κ2) is 4.75. The Hall–Kier alpha value is -1.89. The first-order chi connectivity index (χ1) is 7.42. The van der Waals surface area contributed by atoms with Crippen LogP contribution in [0.2, 0.25) is 0 Å². The fourth-order valence-electron chi connectivity index (χ4n) is 0.854. The minimum atomic E-state index is -0.497. The standard InChI is InChI=1S/C12H14N2O2/c1-12(2,3)6-5-9-7-14-10(8-13-9)11(15)16-4/h7-8H,1-4H3. The smallest absolute Gasteiger partial charge is 0.358 e. The second-order valence-corrected chi connectivity index (χ2v) is 4.28. The van der Waals surface area contributed by atoms with Crippen molar-refractivity contribution in [3.8, 4) is 11.8 Å². The van der Waals surface area contributed by atoms with Gasteiger partial charge in [-0.25, -0.2) is 14.8 Å². The summed E-state index contributed by atoms with van der Waals surface area (Å²) in [5.41, 5.74) is 0.647. The maximum Gasteiger partial charge on any atom is 0.358 e. The highest BCUT2D eigenvalue weighted by atomic mass is 16.5. The molecule has 1 aromatic heterocycles. The molecule has 0 saturated carbocycles. The molecule has 0 bridgehead atoms. The van der Waals surface area contributed by atoms with Crippen LogP contribution >= 0.6 is 0 Å². The maximum absolute atomic E-state index is 11.1. The zero-order chi connectivity index (χ0) is 12.2. The van der Waals surface area contributed by atoms with E-state index < -0.39 is 5.97 Å². The monoisotopic (exact) mass is 218 g/mol. The van der Waals surface area contributed by atoms with E-state index in [1.54, 1.807) is 0 Å². The minimum absolute atomic E-state index is 0.0807. The van der Waals surface area contributed by atoms with Crippen molar-refractivity contribution in [1.82, 2.24) is 9.97 Å². The van der Waals surface area contributed by atoms with Gasteiger partial charge in [0.05, 0.1) is 19.5 Å². The first kappa shape index (κ1) is 12.2. The third-order valence-electron chi connectivity index (χ3n) is 1.61. The van der Waals surface area contributed by atoms with Crippen molar-refractivity contribution in [2.75, 3.05) is 7.11 Å². The number of esters is 1. The fourth-order valence-corrected chi connectivity index (χ4v) is 0.854. The Balaban J connectivity index is 2.87. The molecule has 1 rings (SSSR count). The van der Waals surface area contributed by atoms with Crippen molar-refractivity contribution in [1.29, 1.82) is 0 Å². The van der Waals surface area contributed by atoms with Gasteiger partial charge in [0.2, 0.25) is 0 Å². The molecule has 16 heavy (non-hydrogen) atoms. The van der Waals surface area contributed by atoms with Crippen molar-refractivity contribution < 1.29 is 9.53 Å². The number of carbonyl (C=O) groups is 1. The molecule has 0 aliphatic carbocycles. The van der Waals surface area contributed by atoms with Crippen LogP contribution < -0.4 is 0 Å². The number of rotatable bonds is 1. The van der Waals surface area contributed by atoms with Crippen molar-refractivity contribution in [2.45, 2.75) is 20.8 Å². The fraction of sp³-hybridized carbons (Fsp3) is 0.417. The third kappa shape index (κ3) is 3.70. The number of nitrogens with zero attached hydrogens (tertiary/aromatic N) is 2. The van der Waals surface area contributed by atoms with Crippen LogP contribution in [0, 0.1) is 17.3 Å². The van der Waals surface area contributed by atoms with Crippen LogP contribution in [0.15, 0.2) is 12.4 Å². The molecule has 0 saturated heterocycles. The maximum atomic E-state index is 11.1. The average Bonchev–Trinajstić information content (AvgIpc) is 2.25. The molecule has 0 radical (unpaired) electrons. The van der Waals surface area contributed by atoms with Gasteiger partial charge in [0.25, 0.3) is 0 Å². The first-order valence-electron chi connectivity index (χ1n) is 4.86. The molecule has 0 aromatic carbocycles. The lowest BCUT2D eigenvalue weighted by molar-refractivity contribution is 0.0593. The largest absolute Gasteiger partial charge is 0.464 e. The number of ether oxygens (including phenoxy) is 1. The average molecular weight is 218 g/mol. The van der Waals surface area contributed by atoms with Crippen LogP contribution in [0.3, 0.4) is 0 Å². The molecule has 0 aliphatic heterocycles. The quantitative estimate of drug-likeness (QED) is 0.531. The van der Waals surface area contributed by atoms with E-state index in [4.69, 9.17) is 0 Å². The van der Waals surface area contributed by atoms with E-state index in [9.17, 15) is 4.79 Å². The lowest BCUT2D eigenvalue weighted by atomic mass is 9.98. The molecule has 0 aliphatic rings. The van der Waals surface area contributed by atoms with E-state index in [2.05, 4.69) is 26.5 Å². The summed E-state index contributed by atoms with van der Waals surface area (Å²) in [4.78, 5) is 19.0. The van der Waals surface area contributed by atoms with Crippen LogP contribution in [0.4, 0.5) is 0 Å². The van der Waals surface area contributed by atoms with Gasteiger partial charge in [-0.2, -0.15) is 0 Å². The Kier molecular flexibility index (Phi) is 3.62. The zero-order valence-corrected chi connectivity index (χ0v) is 9.87. The Morgan fingerprint density at radius 2 is 2.00 bits per heavy atom. The lowest BCUT2D eigenvalue weighted by Crippen LogP contribution is -2.05. The van der Waals surface area contributed by atoms with Gasteiger partial charge in [0.15, 0.2) is 5.69 Å². The topological polar surface area (TPSA) is 52.1 Å². The van der Waals surface area contributed by atoms with Gasteiger partial charge in [-0.05, 0) is 26.7 Å². The Labute approximate surface area is 95.1 Å². The van der Waals surface area contributed by atoms with Gasteiger partial charge in [0.1, 0.15) is 5.69 Å². The number of hydrogen-bond acceptors (Lipinski definition) is 4. The van der Waals surface area contributed by atoms with Gasteiger partial charge in [0, 0.05) is 5.41 Å². The van der Waals surface area contributed by atoms with Crippen LogP contribution in [0.1, 0.15) is 37.0 Å². The summed E-state index contributed by atoms with van der Waals surface area (Å²) in [5.74, 6) is 5.43. The van der Waals surface area contributed by atoms with Crippen LogP contribution in [0.5, 0.6) is 0 Å². The molecule has 0 unspecified atom stereocenters. The third-order valence-corrected chi connectivity index (χ3v) is 1.61. The molecule has 0 spiro atoms. The normalized spacial score (nSPS) is 10.2. The Bertz CT molecular complexity index is 433. The highest BCUT2D eigenvalue weighted by Gasteiger charge is 2.07. The number of aromatic nitrogens is 2.